The average Bonchev–Trinajstić information content (AvgIpc) is 3.17. The normalized spacial score (nSPS) is 11.8. The fraction of sp³-hybridized carbons (Fsp3) is 0. The molecule has 0 saturated carbocycles. The first-order valence-corrected chi connectivity index (χ1v) is 16.7. The third-order valence-corrected chi connectivity index (χ3v) is 10.2. The lowest BCUT2D eigenvalue weighted by atomic mass is 9.87. The summed E-state index contributed by atoms with van der Waals surface area (Å²) in [6, 6.07) is 67.1. The van der Waals surface area contributed by atoms with Crippen molar-refractivity contribution in [3.8, 4) is 33.4 Å². The summed E-state index contributed by atoms with van der Waals surface area (Å²) in [5.74, 6) is 0. The number of rotatable bonds is 3. The Morgan fingerprint density at radius 2 is 0.562 bits per heavy atom. The summed E-state index contributed by atoms with van der Waals surface area (Å²) >= 11 is 0. The zero-order valence-corrected chi connectivity index (χ0v) is 26.3. The quantitative estimate of drug-likeness (QED) is 0.176. The fourth-order valence-electron chi connectivity index (χ4n) is 7.91. The first kappa shape index (κ1) is 26.9. The molecule has 0 bridgehead atoms. The van der Waals surface area contributed by atoms with Crippen molar-refractivity contribution in [3.05, 3.63) is 182 Å². The van der Waals surface area contributed by atoms with E-state index in [9.17, 15) is 0 Å². The summed E-state index contributed by atoms with van der Waals surface area (Å²) < 4.78 is 0. The maximum atomic E-state index is 2.42. The number of hydrogen-bond acceptors (Lipinski definition) is 0. The van der Waals surface area contributed by atoms with Crippen LogP contribution in [0.2, 0.25) is 0 Å². The predicted octanol–water partition coefficient (Wildman–Crippen LogP) is 13.6. The molecular formula is C48H30. The molecule has 0 aliphatic rings. The Labute approximate surface area is 279 Å². The third kappa shape index (κ3) is 4.16. The predicted molar refractivity (Wildman–Crippen MR) is 208 cm³/mol. The van der Waals surface area contributed by atoms with Gasteiger partial charge in [0, 0.05) is 0 Å². The van der Waals surface area contributed by atoms with Gasteiger partial charge in [0.25, 0.3) is 0 Å². The second-order valence-corrected chi connectivity index (χ2v) is 12.9. The van der Waals surface area contributed by atoms with Crippen LogP contribution in [0.1, 0.15) is 0 Å². The summed E-state index contributed by atoms with van der Waals surface area (Å²) in [6.07, 6.45) is 0. The molecule has 0 atom stereocenters. The van der Waals surface area contributed by atoms with Gasteiger partial charge in [0.05, 0.1) is 0 Å². The number of benzene rings is 10. The molecular weight excluding hydrogens is 577 g/mol. The van der Waals surface area contributed by atoms with Gasteiger partial charge in [0.15, 0.2) is 0 Å². The molecule has 0 spiro atoms. The maximum Gasteiger partial charge on any atom is -0.00923 e. The van der Waals surface area contributed by atoms with E-state index in [4.69, 9.17) is 0 Å². The van der Waals surface area contributed by atoms with Gasteiger partial charge in [-0.3, -0.25) is 0 Å². The van der Waals surface area contributed by atoms with Gasteiger partial charge >= 0.3 is 0 Å². The van der Waals surface area contributed by atoms with Crippen LogP contribution in [-0.4, -0.2) is 0 Å². The minimum absolute atomic E-state index is 1.23. The van der Waals surface area contributed by atoms with Crippen LogP contribution in [0.3, 0.4) is 0 Å². The summed E-state index contributed by atoms with van der Waals surface area (Å²) in [5, 5.41) is 15.4. The topological polar surface area (TPSA) is 0 Å². The summed E-state index contributed by atoms with van der Waals surface area (Å²) in [4.78, 5) is 0. The summed E-state index contributed by atoms with van der Waals surface area (Å²) in [5.41, 5.74) is 7.51. The Bertz CT molecular complexity index is 2870. The molecule has 0 amide bonds. The summed E-state index contributed by atoms with van der Waals surface area (Å²) in [6.45, 7) is 0. The maximum absolute atomic E-state index is 2.42. The lowest BCUT2D eigenvalue weighted by Gasteiger charge is -2.17. The highest BCUT2D eigenvalue weighted by Crippen LogP contribution is 2.43. The van der Waals surface area contributed by atoms with E-state index >= 15 is 0 Å². The van der Waals surface area contributed by atoms with Crippen molar-refractivity contribution in [2.45, 2.75) is 0 Å². The zero-order chi connectivity index (χ0) is 31.6. The van der Waals surface area contributed by atoms with E-state index < -0.39 is 0 Å². The van der Waals surface area contributed by atoms with Crippen molar-refractivity contribution in [3.63, 3.8) is 0 Å². The fourth-order valence-corrected chi connectivity index (χ4v) is 7.91. The van der Waals surface area contributed by atoms with Gasteiger partial charge in [-0.05, 0) is 122 Å². The van der Waals surface area contributed by atoms with Gasteiger partial charge in [-0.15, -0.1) is 0 Å². The highest BCUT2D eigenvalue weighted by atomic mass is 14.2. The lowest BCUT2D eigenvalue weighted by Crippen LogP contribution is -1.89. The molecule has 0 aliphatic heterocycles. The molecule has 0 N–H and O–H groups in total. The van der Waals surface area contributed by atoms with Gasteiger partial charge in [-0.2, -0.15) is 0 Å². The molecule has 10 rings (SSSR count). The van der Waals surface area contributed by atoms with E-state index in [0.717, 1.165) is 0 Å². The van der Waals surface area contributed by atoms with E-state index in [2.05, 4.69) is 182 Å². The molecule has 222 valence electrons. The highest BCUT2D eigenvalue weighted by Gasteiger charge is 2.15. The van der Waals surface area contributed by atoms with Crippen molar-refractivity contribution in [2.24, 2.45) is 0 Å². The van der Waals surface area contributed by atoms with Crippen molar-refractivity contribution in [1.29, 1.82) is 0 Å². The van der Waals surface area contributed by atoms with E-state index in [1.807, 2.05) is 0 Å². The highest BCUT2D eigenvalue weighted by molar-refractivity contribution is 6.24. The lowest BCUT2D eigenvalue weighted by molar-refractivity contribution is 1.64. The van der Waals surface area contributed by atoms with Crippen LogP contribution in [-0.2, 0) is 0 Å². The van der Waals surface area contributed by atoms with Crippen molar-refractivity contribution in [2.75, 3.05) is 0 Å². The Morgan fingerprint density at radius 1 is 0.188 bits per heavy atom. The van der Waals surface area contributed by atoms with Crippen LogP contribution < -0.4 is 0 Å². The van der Waals surface area contributed by atoms with Gasteiger partial charge < -0.3 is 0 Å². The number of hydrogen-bond donors (Lipinski definition) is 0. The first-order chi connectivity index (χ1) is 23.8. The molecule has 10 aromatic carbocycles. The Balaban J connectivity index is 1.18. The standard InChI is InChI=1S/C48H30/c1-2-12-34-27-36(26-21-31(34)11-1)46-30-48-42-19-9-7-17-40(42)45(29-47(48)43-20-10-8-18-41(43)46)33-24-22-32(23-25-33)44-28-35-13-3-4-14-37(35)38-15-5-6-16-39(38)44/h1-30H. The van der Waals surface area contributed by atoms with Crippen LogP contribution in [0.25, 0.3) is 98.0 Å². The molecule has 0 aromatic heterocycles. The smallest absolute Gasteiger partial charge is 0.00923 e. The molecule has 48 heavy (non-hydrogen) atoms. The monoisotopic (exact) mass is 606 g/mol. The molecule has 0 radical (unpaired) electrons. The molecule has 0 unspecified atom stereocenters. The van der Waals surface area contributed by atoms with E-state index in [1.54, 1.807) is 0 Å². The van der Waals surface area contributed by atoms with E-state index in [1.165, 1.54) is 98.0 Å². The van der Waals surface area contributed by atoms with Crippen LogP contribution in [0, 0.1) is 0 Å². The molecule has 10 aromatic rings. The van der Waals surface area contributed by atoms with E-state index in [-0.39, 0.29) is 0 Å². The van der Waals surface area contributed by atoms with Gasteiger partial charge in [0.1, 0.15) is 0 Å². The van der Waals surface area contributed by atoms with Crippen LogP contribution in [0.15, 0.2) is 182 Å². The third-order valence-electron chi connectivity index (χ3n) is 10.2. The van der Waals surface area contributed by atoms with E-state index in [0.29, 0.717) is 0 Å². The molecule has 0 aliphatic carbocycles. The van der Waals surface area contributed by atoms with Crippen LogP contribution in [0.5, 0.6) is 0 Å². The molecule has 0 nitrogen and oxygen atoms in total. The Kier molecular flexibility index (Phi) is 5.98. The first-order valence-electron chi connectivity index (χ1n) is 16.7. The second kappa shape index (κ2) is 10.7. The number of fused-ring (bicyclic) bond motifs is 9. The largest absolute Gasteiger partial charge is 0.0616 e. The molecule has 0 saturated heterocycles. The molecule has 0 heteroatoms. The Hall–Kier alpha value is -6.24. The van der Waals surface area contributed by atoms with Gasteiger partial charge in [-0.25, -0.2) is 0 Å². The minimum Gasteiger partial charge on any atom is -0.0616 e. The van der Waals surface area contributed by atoms with Crippen molar-refractivity contribution >= 4 is 64.6 Å². The Morgan fingerprint density at radius 3 is 1.12 bits per heavy atom. The average molecular weight is 607 g/mol. The van der Waals surface area contributed by atoms with Crippen LogP contribution >= 0.6 is 0 Å². The summed E-state index contributed by atoms with van der Waals surface area (Å²) in [7, 11) is 0. The van der Waals surface area contributed by atoms with Crippen molar-refractivity contribution < 1.29 is 0 Å². The zero-order valence-electron chi connectivity index (χ0n) is 26.3. The second-order valence-electron chi connectivity index (χ2n) is 12.9. The molecule has 0 fully saturated rings. The molecule has 0 heterocycles. The van der Waals surface area contributed by atoms with Gasteiger partial charge in [-0.1, -0.05) is 158 Å². The van der Waals surface area contributed by atoms with Gasteiger partial charge in [0.2, 0.25) is 0 Å². The van der Waals surface area contributed by atoms with Crippen molar-refractivity contribution in [1.82, 2.24) is 0 Å². The minimum atomic E-state index is 1.23. The van der Waals surface area contributed by atoms with Crippen LogP contribution in [0.4, 0.5) is 0 Å². The SMILES string of the molecule is c1ccc2cc(-c3cc4c5ccccc5c(-c5ccc(-c6cc7ccccc7c7ccccc67)cc5)cc4c4ccccc34)ccc2c1.